The summed E-state index contributed by atoms with van der Waals surface area (Å²) in [5.74, 6) is 1.39. The minimum Gasteiger partial charge on any atom is -0.493 e. The lowest BCUT2D eigenvalue weighted by Gasteiger charge is -2.08. The van der Waals surface area contributed by atoms with Crippen LogP contribution >= 0.6 is 22.9 Å². The smallest absolute Gasteiger partial charge is 0.286 e. The van der Waals surface area contributed by atoms with Crippen LogP contribution in [0, 0.1) is 0 Å². The molecule has 0 aliphatic carbocycles. The average molecular weight is 419 g/mol. The highest BCUT2D eigenvalue weighted by atomic mass is 35.5. The van der Waals surface area contributed by atoms with Gasteiger partial charge in [-0.2, -0.15) is 4.99 Å². The van der Waals surface area contributed by atoms with Crippen LogP contribution in [0.4, 0.5) is 0 Å². The summed E-state index contributed by atoms with van der Waals surface area (Å²) >= 11 is 7.23. The monoisotopic (exact) mass is 418 g/mol. The molecule has 0 aliphatic rings. The third-order valence-electron chi connectivity index (χ3n) is 3.90. The van der Waals surface area contributed by atoms with Gasteiger partial charge in [0.2, 0.25) is 0 Å². The number of carbonyl (C=O) groups is 1. The van der Waals surface area contributed by atoms with Gasteiger partial charge >= 0.3 is 0 Å². The molecule has 8 heteroatoms. The Hall–Kier alpha value is -2.77. The molecule has 3 aromatic rings. The Balaban J connectivity index is 1.93. The number of carbonyl (C=O) groups excluding carboxylic acids is 1. The number of hydrogen-bond acceptors (Lipinski definition) is 5. The number of thiazole rings is 1. The highest BCUT2D eigenvalue weighted by Gasteiger charge is 2.13. The summed E-state index contributed by atoms with van der Waals surface area (Å²) < 4.78 is 19.0. The molecule has 0 fully saturated rings. The molecular weight excluding hydrogens is 400 g/mol. The van der Waals surface area contributed by atoms with Crippen LogP contribution in [-0.2, 0) is 11.3 Å². The van der Waals surface area contributed by atoms with E-state index >= 15 is 0 Å². The number of ether oxygens (including phenoxy) is 3. The molecule has 0 unspecified atom stereocenters. The number of nitrogens with zero attached hydrogens (tertiary/aromatic N) is 2. The summed E-state index contributed by atoms with van der Waals surface area (Å²) in [5, 5.41) is 0.602. The maximum absolute atomic E-state index is 12.3. The number of hydrogen-bond donors (Lipinski definition) is 0. The molecule has 28 heavy (non-hydrogen) atoms. The molecule has 2 aromatic carbocycles. The van der Waals surface area contributed by atoms with Gasteiger partial charge in [-0.15, -0.1) is 6.58 Å². The Morgan fingerprint density at radius 2 is 1.89 bits per heavy atom. The van der Waals surface area contributed by atoms with Crippen LogP contribution in [-0.4, -0.2) is 31.3 Å². The SMILES string of the molecule is C=CCn1c(=NC(=O)COc2ccc(Cl)cc2)sc2cc(OC)c(OC)cc21. The Labute approximate surface area is 171 Å². The second kappa shape index (κ2) is 8.95. The predicted octanol–water partition coefficient (Wildman–Crippen LogP) is 4.07. The number of benzene rings is 2. The molecule has 0 aliphatic heterocycles. The van der Waals surface area contributed by atoms with Crippen LogP contribution in [0.3, 0.4) is 0 Å². The average Bonchev–Trinajstić information content (AvgIpc) is 3.02. The zero-order valence-electron chi connectivity index (χ0n) is 15.5. The van der Waals surface area contributed by atoms with Gasteiger partial charge in [0, 0.05) is 23.7 Å². The second-order valence-electron chi connectivity index (χ2n) is 5.71. The maximum atomic E-state index is 12.3. The zero-order chi connectivity index (χ0) is 20.1. The van der Waals surface area contributed by atoms with E-state index in [0.29, 0.717) is 33.6 Å². The summed E-state index contributed by atoms with van der Waals surface area (Å²) in [6.45, 7) is 4.12. The summed E-state index contributed by atoms with van der Waals surface area (Å²) in [6.07, 6.45) is 1.75. The van der Waals surface area contributed by atoms with Crippen LogP contribution in [0.15, 0.2) is 54.0 Å². The maximum Gasteiger partial charge on any atom is 0.286 e. The Bertz CT molecular complexity index is 1070. The van der Waals surface area contributed by atoms with E-state index in [2.05, 4.69) is 11.6 Å². The van der Waals surface area contributed by atoms with E-state index in [-0.39, 0.29) is 6.61 Å². The lowest BCUT2D eigenvalue weighted by atomic mass is 10.3. The van der Waals surface area contributed by atoms with E-state index in [1.165, 1.54) is 11.3 Å². The molecule has 0 saturated carbocycles. The van der Waals surface area contributed by atoms with Gasteiger partial charge in [-0.1, -0.05) is 29.0 Å². The van der Waals surface area contributed by atoms with Gasteiger partial charge in [-0.25, -0.2) is 0 Å². The van der Waals surface area contributed by atoms with Crippen molar-refractivity contribution in [2.75, 3.05) is 20.8 Å². The molecule has 1 heterocycles. The van der Waals surface area contributed by atoms with Gasteiger partial charge in [0.05, 0.1) is 24.4 Å². The molecule has 0 saturated heterocycles. The van der Waals surface area contributed by atoms with Crippen LogP contribution < -0.4 is 19.0 Å². The number of allylic oxidation sites excluding steroid dienone is 1. The second-order valence-corrected chi connectivity index (χ2v) is 7.15. The highest BCUT2D eigenvalue weighted by Crippen LogP contribution is 2.33. The van der Waals surface area contributed by atoms with Crippen LogP contribution in [0.1, 0.15) is 0 Å². The highest BCUT2D eigenvalue weighted by molar-refractivity contribution is 7.16. The first-order valence-electron chi connectivity index (χ1n) is 8.38. The van der Waals surface area contributed by atoms with E-state index in [1.807, 2.05) is 16.7 Å². The minimum absolute atomic E-state index is 0.170. The van der Waals surface area contributed by atoms with Gasteiger partial charge < -0.3 is 18.8 Å². The first-order valence-corrected chi connectivity index (χ1v) is 9.57. The summed E-state index contributed by atoms with van der Waals surface area (Å²) in [4.78, 5) is 17.1. The first-order chi connectivity index (χ1) is 13.5. The molecule has 3 rings (SSSR count). The quantitative estimate of drug-likeness (QED) is 0.543. The van der Waals surface area contributed by atoms with Crippen molar-refractivity contribution in [2.45, 2.75) is 6.54 Å². The Morgan fingerprint density at radius 3 is 2.54 bits per heavy atom. The summed E-state index contributed by atoms with van der Waals surface area (Å²) in [7, 11) is 3.16. The van der Waals surface area contributed by atoms with Crippen LogP contribution in [0.25, 0.3) is 10.2 Å². The van der Waals surface area contributed by atoms with Crippen molar-refractivity contribution in [3.63, 3.8) is 0 Å². The Kier molecular flexibility index (Phi) is 6.38. The topological polar surface area (TPSA) is 62.1 Å². The molecule has 0 bridgehead atoms. The van der Waals surface area contributed by atoms with Crippen molar-refractivity contribution in [2.24, 2.45) is 4.99 Å². The first kappa shape index (κ1) is 20.0. The van der Waals surface area contributed by atoms with Crippen molar-refractivity contribution < 1.29 is 19.0 Å². The van der Waals surface area contributed by atoms with E-state index in [1.54, 1.807) is 44.6 Å². The fraction of sp³-hybridized carbons (Fsp3) is 0.200. The van der Waals surface area contributed by atoms with Gasteiger partial charge in [-0.05, 0) is 24.3 Å². The van der Waals surface area contributed by atoms with Crippen molar-refractivity contribution in [3.8, 4) is 17.2 Å². The summed E-state index contributed by atoms with van der Waals surface area (Å²) in [6, 6.07) is 10.5. The van der Waals surface area contributed by atoms with E-state index in [4.69, 9.17) is 25.8 Å². The van der Waals surface area contributed by atoms with Crippen molar-refractivity contribution in [1.29, 1.82) is 0 Å². The lowest BCUT2D eigenvalue weighted by molar-refractivity contribution is -0.120. The minimum atomic E-state index is -0.391. The fourth-order valence-corrected chi connectivity index (χ4v) is 3.80. The number of halogens is 1. The number of fused-ring (bicyclic) bond motifs is 1. The molecule has 1 aromatic heterocycles. The molecular formula is C20H19ClN2O4S. The van der Waals surface area contributed by atoms with Crippen LogP contribution in [0.2, 0.25) is 5.02 Å². The molecule has 0 N–H and O–H groups in total. The number of aromatic nitrogens is 1. The molecule has 0 atom stereocenters. The van der Waals surface area contributed by atoms with Crippen molar-refractivity contribution in [3.05, 3.63) is 58.9 Å². The standard InChI is InChI=1S/C20H19ClN2O4S/c1-4-9-23-15-10-16(25-2)17(26-3)11-18(15)28-20(23)22-19(24)12-27-14-7-5-13(21)6-8-14/h4-8,10-11H,1,9,12H2,2-3H3. The van der Waals surface area contributed by atoms with Gasteiger partial charge in [0.25, 0.3) is 5.91 Å². The number of amides is 1. The molecule has 0 radical (unpaired) electrons. The summed E-state index contributed by atoms with van der Waals surface area (Å²) in [5.41, 5.74) is 0.882. The van der Waals surface area contributed by atoms with Crippen molar-refractivity contribution in [1.82, 2.24) is 4.57 Å². The molecule has 1 amide bonds. The lowest BCUT2D eigenvalue weighted by Crippen LogP contribution is -2.19. The fourth-order valence-electron chi connectivity index (χ4n) is 2.60. The molecule has 146 valence electrons. The van der Waals surface area contributed by atoms with Gasteiger partial charge in [0.1, 0.15) is 5.75 Å². The van der Waals surface area contributed by atoms with E-state index in [0.717, 1.165) is 10.2 Å². The largest absolute Gasteiger partial charge is 0.493 e. The normalized spacial score (nSPS) is 11.5. The van der Waals surface area contributed by atoms with E-state index < -0.39 is 5.91 Å². The third-order valence-corrected chi connectivity index (χ3v) is 5.19. The number of rotatable bonds is 7. The van der Waals surface area contributed by atoms with Crippen molar-refractivity contribution >= 4 is 39.1 Å². The predicted molar refractivity (Wildman–Crippen MR) is 111 cm³/mol. The zero-order valence-corrected chi connectivity index (χ0v) is 17.0. The molecule has 6 nitrogen and oxygen atoms in total. The number of methoxy groups -OCH3 is 2. The van der Waals surface area contributed by atoms with Crippen LogP contribution in [0.5, 0.6) is 17.2 Å². The third kappa shape index (κ3) is 4.37. The molecule has 0 spiro atoms. The van der Waals surface area contributed by atoms with Gasteiger partial charge in [0.15, 0.2) is 22.9 Å². The van der Waals surface area contributed by atoms with Gasteiger partial charge in [-0.3, -0.25) is 4.79 Å². The van der Waals surface area contributed by atoms with E-state index in [9.17, 15) is 4.79 Å². The Morgan fingerprint density at radius 1 is 1.21 bits per heavy atom.